The van der Waals surface area contributed by atoms with Crippen molar-refractivity contribution in [2.75, 3.05) is 13.1 Å². The van der Waals surface area contributed by atoms with Crippen LogP contribution in [0.1, 0.15) is 42.5 Å². The minimum absolute atomic E-state index is 0.212. The maximum atomic E-state index is 13.1. The maximum absolute atomic E-state index is 13.1. The zero-order valence-electron chi connectivity index (χ0n) is 17.9. The summed E-state index contributed by atoms with van der Waals surface area (Å²) < 4.78 is 47.3. The Morgan fingerprint density at radius 2 is 1.66 bits per heavy atom. The van der Waals surface area contributed by atoms with Crippen molar-refractivity contribution >= 4 is 11.9 Å². The fraction of sp³-hybridized carbons (Fsp3) is 0.375. The normalized spacial score (nSPS) is 17.9. The van der Waals surface area contributed by atoms with E-state index < -0.39 is 11.8 Å². The molecule has 2 aromatic carbocycles. The van der Waals surface area contributed by atoms with Crippen molar-refractivity contribution in [3.63, 3.8) is 0 Å². The number of alkyl halides is 3. The Balaban J connectivity index is 1.44. The molecular formula is C24H25F3N2O2S. The van der Waals surface area contributed by atoms with Gasteiger partial charge in [-0.1, -0.05) is 42.0 Å². The number of piperidine rings is 1. The molecule has 1 saturated heterocycles. The van der Waals surface area contributed by atoms with Gasteiger partial charge in [0.15, 0.2) is 17.8 Å². The molecule has 1 N–H and O–H groups in total. The van der Waals surface area contributed by atoms with Gasteiger partial charge in [-0.25, -0.2) is 9.29 Å². The van der Waals surface area contributed by atoms with E-state index in [9.17, 15) is 18.3 Å². The lowest BCUT2D eigenvalue weighted by atomic mass is 9.90. The van der Waals surface area contributed by atoms with E-state index in [1.807, 2.05) is 0 Å². The Morgan fingerprint density at radius 1 is 1.03 bits per heavy atom. The number of oxazole rings is 1. The number of rotatable bonds is 5. The minimum Gasteiger partial charge on any atom is -0.443 e. The van der Waals surface area contributed by atoms with Crippen LogP contribution in [-0.2, 0) is 5.60 Å². The van der Waals surface area contributed by atoms with Gasteiger partial charge in [-0.05, 0) is 56.3 Å². The van der Waals surface area contributed by atoms with Crippen LogP contribution in [0.3, 0.4) is 0 Å². The molecule has 0 bridgehead atoms. The number of hydrogen-bond acceptors (Lipinski definition) is 5. The zero-order chi connectivity index (χ0) is 22.9. The van der Waals surface area contributed by atoms with E-state index in [1.54, 1.807) is 24.1 Å². The second kappa shape index (κ2) is 8.92. The van der Waals surface area contributed by atoms with Crippen molar-refractivity contribution in [3.8, 4) is 11.3 Å². The van der Waals surface area contributed by atoms with Crippen molar-refractivity contribution in [1.82, 2.24) is 9.29 Å². The van der Waals surface area contributed by atoms with Crippen molar-refractivity contribution in [1.29, 1.82) is 0 Å². The zero-order valence-corrected chi connectivity index (χ0v) is 18.7. The smallest absolute Gasteiger partial charge is 0.421 e. The van der Waals surface area contributed by atoms with E-state index in [0.29, 0.717) is 11.3 Å². The second-order valence-electron chi connectivity index (χ2n) is 8.32. The van der Waals surface area contributed by atoms with Gasteiger partial charge in [0.2, 0.25) is 0 Å². The van der Waals surface area contributed by atoms with E-state index in [-0.39, 0.29) is 11.5 Å². The molecule has 0 radical (unpaired) electrons. The molecule has 32 heavy (non-hydrogen) atoms. The van der Waals surface area contributed by atoms with Gasteiger partial charge in [0, 0.05) is 29.5 Å². The maximum Gasteiger partial charge on any atom is 0.421 e. The SMILES string of the molecule is Cc1ccc(SN2CCC(c3ncoc3-c3ccc(C(C)(O)C(F)(F)F)cc3)CC2)cc1. The number of aromatic nitrogens is 1. The molecule has 170 valence electrons. The second-order valence-corrected chi connectivity index (χ2v) is 9.49. The van der Waals surface area contributed by atoms with Crippen molar-refractivity contribution in [3.05, 3.63) is 71.7 Å². The summed E-state index contributed by atoms with van der Waals surface area (Å²) in [5.74, 6) is 0.796. The molecule has 1 aliphatic heterocycles. The lowest BCUT2D eigenvalue weighted by Crippen LogP contribution is -2.39. The van der Waals surface area contributed by atoms with E-state index in [4.69, 9.17) is 4.42 Å². The summed E-state index contributed by atoms with van der Waals surface area (Å²) in [4.78, 5) is 5.64. The van der Waals surface area contributed by atoms with Crippen molar-refractivity contribution in [2.24, 2.45) is 0 Å². The third kappa shape index (κ3) is 4.72. The van der Waals surface area contributed by atoms with Crippen molar-refractivity contribution in [2.45, 2.75) is 49.3 Å². The molecule has 0 amide bonds. The van der Waals surface area contributed by atoms with Crippen LogP contribution in [0, 0.1) is 6.92 Å². The lowest BCUT2D eigenvalue weighted by Gasteiger charge is -2.30. The Morgan fingerprint density at radius 3 is 2.25 bits per heavy atom. The highest BCUT2D eigenvalue weighted by Gasteiger charge is 2.51. The van der Waals surface area contributed by atoms with Gasteiger partial charge in [0.1, 0.15) is 0 Å². The van der Waals surface area contributed by atoms with Crippen LogP contribution in [0.15, 0.2) is 64.2 Å². The monoisotopic (exact) mass is 462 g/mol. The summed E-state index contributed by atoms with van der Waals surface area (Å²) in [7, 11) is 0. The molecule has 0 saturated carbocycles. The molecular weight excluding hydrogens is 437 g/mol. The van der Waals surface area contributed by atoms with Gasteiger partial charge in [-0.2, -0.15) is 13.2 Å². The highest BCUT2D eigenvalue weighted by Crippen LogP contribution is 2.40. The first-order valence-electron chi connectivity index (χ1n) is 10.5. The Labute approximate surface area is 189 Å². The Bertz CT molecular complexity index is 1040. The van der Waals surface area contributed by atoms with Gasteiger partial charge in [-0.15, -0.1) is 0 Å². The lowest BCUT2D eigenvalue weighted by molar-refractivity contribution is -0.258. The Hall–Kier alpha value is -2.29. The highest BCUT2D eigenvalue weighted by atomic mass is 32.2. The van der Waals surface area contributed by atoms with Gasteiger partial charge < -0.3 is 9.52 Å². The molecule has 8 heteroatoms. The topological polar surface area (TPSA) is 49.5 Å². The molecule has 1 atom stereocenters. The van der Waals surface area contributed by atoms with Crippen LogP contribution < -0.4 is 0 Å². The van der Waals surface area contributed by atoms with E-state index in [1.165, 1.54) is 29.0 Å². The van der Waals surface area contributed by atoms with Crippen LogP contribution >= 0.6 is 11.9 Å². The van der Waals surface area contributed by atoms with Gasteiger partial charge >= 0.3 is 6.18 Å². The number of nitrogens with zero attached hydrogens (tertiary/aromatic N) is 2. The molecule has 2 heterocycles. The van der Waals surface area contributed by atoms with E-state index >= 15 is 0 Å². The molecule has 3 aromatic rings. The first-order valence-corrected chi connectivity index (χ1v) is 11.3. The fourth-order valence-electron chi connectivity index (χ4n) is 3.84. The Kier molecular flexibility index (Phi) is 6.38. The first-order chi connectivity index (χ1) is 15.1. The summed E-state index contributed by atoms with van der Waals surface area (Å²) in [5, 5.41) is 9.88. The van der Waals surface area contributed by atoms with Crippen LogP contribution in [-0.4, -0.2) is 33.7 Å². The third-order valence-corrected chi connectivity index (χ3v) is 7.06. The van der Waals surface area contributed by atoms with Gasteiger partial charge in [0.25, 0.3) is 0 Å². The summed E-state index contributed by atoms with van der Waals surface area (Å²) in [6.07, 6.45) is -1.53. The molecule has 1 fully saturated rings. The van der Waals surface area contributed by atoms with Gasteiger partial charge in [-0.3, -0.25) is 0 Å². The van der Waals surface area contributed by atoms with Crippen molar-refractivity contribution < 1.29 is 22.7 Å². The fourth-order valence-corrected chi connectivity index (χ4v) is 4.79. The summed E-state index contributed by atoms with van der Waals surface area (Å²) in [5.41, 5.74) is -0.397. The van der Waals surface area contributed by atoms with Crippen LogP contribution in [0.4, 0.5) is 13.2 Å². The average Bonchev–Trinajstić information content (AvgIpc) is 3.25. The molecule has 1 aliphatic rings. The summed E-state index contributed by atoms with van der Waals surface area (Å²) in [6.45, 7) is 4.64. The largest absolute Gasteiger partial charge is 0.443 e. The predicted molar refractivity (Wildman–Crippen MR) is 118 cm³/mol. The standard InChI is InChI=1S/C24H25F3N2O2S/c1-16-3-9-20(10-4-16)32-29-13-11-17(12-14-29)21-22(31-15-28-21)18-5-7-19(8-6-18)23(2,30)24(25,26)27/h3-10,15,17,30H,11-14H2,1-2H3. The third-order valence-electron chi connectivity index (χ3n) is 5.95. The van der Waals surface area contributed by atoms with Gasteiger partial charge in [0.05, 0.1) is 5.69 Å². The number of hydrogen-bond donors (Lipinski definition) is 1. The molecule has 0 spiro atoms. The van der Waals surface area contributed by atoms with E-state index in [0.717, 1.165) is 38.5 Å². The van der Waals surface area contributed by atoms with E-state index in [2.05, 4.69) is 40.5 Å². The van der Waals surface area contributed by atoms with Crippen LogP contribution in [0.5, 0.6) is 0 Å². The minimum atomic E-state index is -4.75. The molecule has 0 aliphatic carbocycles. The average molecular weight is 463 g/mol. The number of benzene rings is 2. The summed E-state index contributed by atoms with van der Waals surface area (Å²) >= 11 is 1.75. The van der Waals surface area contributed by atoms with Crippen LogP contribution in [0.25, 0.3) is 11.3 Å². The highest BCUT2D eigenvalue weighted by molar-refractivity contribution is 7.97. The molecule has 1 aromatic heterocycles. The molecule has 4 nitrogen and oxygen atoms in total. The predicted octanol–water partition coefficient (Wildman–Crippen LogP) is 6.31. The number of aryl methyl sites for hydroxylation is 1. The molecule has 4 rings (SSSR count). The summed E-state index contributed by atoms with van der Waals surface area (Å²) in [6, 6.07) is 14.1. The quantitative estimate of drug-likeness (QED) is 0.451. The number of halogens is 3. The van der Waals surface area contributed by atoms with Crippen LogP contribution in [0.2, 0.25) is 0 Å². The number of aliphatic hydroxyl groups is 1. The molecule has 1 unspecified atom stereocenters. The first kappa shape index (κ1) is 22.9.